The standard InChI is InChI=1S/C16H16F2N2O/c1-10(11-5-3-6-12(19)9-11)20(2)16(21)15-13(17)7-4-8-14(15)18/h3-10H,19H2,1-2H3. The first kappa shape index (κ1) is 15.0. The summed E-state index contributed by atoms with van der Waals surface area (Å²) in [6, 6.07) is 10.0. The number of amides is 1. The first-order chi connectivity index (χ1) is 9.91. The highest BCUT2D eigenvalue weighted by Gasteiger charge is 2.24. The van der Waals surface area contributed by atoms with Crippen molar-refractivity contribution < 1.29 is 13.6 Å². The molecule has 0 bridgehead atoms. The number of anilines is 1. The number of carbonyl (C=O) groups is 1. The number of benzene rings is 2. The minimum Gasteiger partial charge on any atom is -0.399 e. The summed E-state index contributed by atoms with van der Waals surface area (Å²) in [5, 5.41) is 0. The number of hydrogen-bond donors (Lipinski definition) is 1. The normalized spacial score (nSPS) is 12.0. The van der Waals surface area contributed by atoms with Gasteiger partial charge in [-0.1, -0.05) is 18.2 Å². The molecule has 2 aromatic rings. The smallest absolute Gasteiger partial charge is 0.260 e. The molecule has 0 saturated carbocycles. The number of carbonyl (C=O) groups excluding carboxylic acids is 1. The topological polar surface area (TPSA) is 46.3 Å². The number of halogens is 2. The van der Waals surface area contributed by atoms with Crippen molar-refractivity contribution in [1.82, 2.24) is 4.90 Å². The first-order valence-corrected chi connectivity index (χ1v) is 6.48. The van der Waals surface area contributed by atoms with Crippen LogP contribution in [0.25, 0.3) is 0 Å². The lowest BCUT2D eigenvalue weighted by Gasteiger charge is -2.26. The minimum absolute atomic E-state index is 0.361. The zero-order chi connectivity index (χ0) is 15.6. The molecule has 110 valence electrons. The van der Waals surface area contributed by atoms with Crippen LogP contribution in [0.3, 0.4) is 0 Å². The largest absolute Gasteiger partial charge is 0.399 e. The Morgan fingerprint density at radius 2 is 1.71 bits per heavy atom. The molecule has 0 fully saturated rings. The van der Waals surface area contributed by atoms with Crippen LogP contribution in [0.1, 0.15) is 28.9 Å². The van der Waals surface area contributed by atoms with E-state index in [9.17, 15) is 13.6 Å². The van der Waals surface area contributed by atoms with Crippen LogP contribution in [0.2, 0.25) is 0 Å². The maximum absolute atomic E-state index is 13.7. The number of nitrogens with two attached hydrogens (primary N) is 1. The highest BCUT2D eigenvalue weighted by atomic mass is 19.1. The van der Waals surface area contributed by atoms with Gasteiger partial charge >= 0.3 is 0 Å². The zero-order valence-electron chi connectivity index (χ0n) is 11.8. The molecular weight excluding hydrogens is 274 g/mol. The molecule has 0 aliphatic carbocycles. The summed E-state index contributed by atoms with van der Waals surface area (Å²) < 4.78 is 27.4. The van der Waals surface area contributed by atoms with Gasteiger partial charge in [0.2, 0.25) is 0 Å². The Morgan fingerprint density at radius 1 is 1.14 bits per heavy atom. The first-order valence-electron chi connectivity index (χ1n) is 6.48. The molecular formula is C16H16F2N2O. The molecule has 1 amide bonds. The monoisotopic (exact) mass is 290 g/mol. The maximum Gasteiger partial charge on any atom is 0.260 e. The Kier molecular flexibility index (Phi) is 4.21. The molecule has 2 N–H and O–H groups in total. The Labute approximate surface area is 122 Å². The fraction of sp³-hybridized carbons (Fsp3) is 0.188. The quantitative estimate of drug-likeness (QED) is 0.881. The van der Waals surface area contributed by atoms with Crippen molar-refractivity contribution in [3.05, 3.63) is 65.2 Å². The predicted molar refractivity (Wildman–Crippen MR) is 77.7 cm³/mol. The molecule has 2 aromatic carbocycles. The molecule has 0 spiro atoms. The van der Waals surface area contributed by atoms with Gasteiger partial charge in [0.1, 0.15) is 17.2 Å². The van der Waals surface area contributed by atoms with Gasteiger partial charge in [0, 0.05) is 12.7 Å². The second kappa shape index (κ2) is 5.91. The average molecular weight is 290 g/mol. The van der Waals surface area contributed by atoms with Gasteiger partial charge in [0.25, 0.3) is 5.91 Å². The molecule has 3 nitrogen and oxygen atoms in total. The highest BCUT2D eigenvalue weighted by molar-refractivity contribution is 5.94. The average Bonchev–Trinajstić information content (AvgIpc) is 2.45. The van der Waals surface area contributed by atoms with Crippen LogP contribution in [0.5, 0.6) is 0 Å². The summed E-state index contributed by atoms with van der Waals surface area (Å²) in [5.41, 5.74) is 6.52. The van der Waals surface area contributed by atoms with Crippen molar-refractivity contribution >= 4 is 11.6 Å². The van der Waals surface area contributed by atoms with Crippen molar-refractivity contribution in [3.8, 4) is 0 Å². The van der Waals surface area contributed by atoms with Gasteiger partial charge < -0.3 is 10.6 Å². The van der Waals surface area contributed by atoms with E-state index in [4.69, 9.17) is 5.73 Å². The molecule has 0 aromatic heterocycles. The lowest BCUT2D eigenvalue weighted by atomic mass is 10.1. The van der Waals surface area contributed by atoms with E-state index < -0.39 is 23.1 Å². The van der Waals surface area contributed by atoms with Crippen LogP contribution in [0.4, 0.5) is 14.5 Å². The highest BCUT2D eigenvalue weighted by Crippen LogP contribution is 2.24. The predicted octanol–water partition coefficient (Wildman–Crippen LogP) is 3.38. The number of rotatable bonds is 3. The Bertz CT molecular complexity index is 653. The molecule has 0 heterocycles. The SMILES string of the molecule is CC(c1cccc(N)c1)N(C)C(=O)c1c(F)cccc1F. The summed E-state index contributed by atoms with van der Waals surface area (Å²) in [6.45, 7) is 1.77. The zero-order valence-corrected chi connectivity index (χ0v) is 11.8. The van der Waals surface area contributed by atoms with E-state index in [0.717, 1.165) is 17.7 Å². The Hall–Kier alpha value is -2.43. The number of hydrogen-bond acceptors (Lipinski definition) is 2. The van der Waals surface area contributed by atoms with Crippen LogP contribution in [-0.4, -0.2) is 17.9 Å². The maximum atomic E-state index is 13.7. The third kappa shape index (κ3) is 3.02. The van der Waals surface area contributed by atoms with E-state index in [2.05, 4.69) is 0 Å². The summed E-state index contributed by atoms with van der Waals surface area (Å²) in [4.78, 5) is 13.6. The molecule has 0 aliphatic rings. The third-order valence-electron chi connectivity index (χ3n) is 3.47. The fourth-order valence-electron chi connectivity index (χ4n) is 2.10. The summed E-state index contributed by atoms with van der Waals surface area (Å²) in [7, 11) is 1.50. The van der Waals surface area contributed by atoms with Crippen LogP contribution >= 0.6 is 0 Å². The summed E-state index contributed by atoms with van der Waals surface area (Å²) in [5.74, 6) is -2.45. The van der Waals surface area contributed by atoms with E-state index >= 15 is 0 Å². The Morgan fingerprint density at radius 3 is 2.29 bits per heavy atom. The lowest BCUT2D eigenvalue weighted by Crippen LogP contribution is -2.31. The number of nitrogen functional groups attached to an aromatic ring is 1. The van der Waals surface area contributed by atoms with Crippen LogP contribution in [0.15, 0.2) is 42.5 Å². The molecule has 1 atom stereocenters. The van der Waals surface area contributed by atoms with Crippen molar-refractivity contribution in [1.29, 1.82) is 0 Å². The van der Waals surface area contributed by atoms with Crippen molar-refractivity contribution in [3.63, 3.8) is 0 Å². The lowest BCUT2D eigenvalue weighted by molar-refractivity contribution is 0.0732. The van der Waals surface area contributed by atoms with Gasteiger partial charge in [0.05, 0.1) is 6.04 Å². The van der Waals surface area contributed by atoms with Gasteiger partial charge in [-0.25, -0.2) is 8.78 Å². The minimum atomic E-state index is -0.869. The van der Waals surface area contributed by atoms with Crippen LogP contribution in [0, 0.1) is 11.6 Å². The molecule has 5 heteroatoms. The molecule has 21 heavy (non-hydrogen) atoms. The van der Waals surface area contributed by atoms with E-state index in [0.29, 0.717) is 5.69 Å². The molecule has 0 aliphatic heterocycles. The van der Waals surface area contributed by atoms with Crippen LogP contribution in [-0.2, 0) is 0 Å². The molecule has 0 saturated heterocycles. The van der Waals surface area contributed by atoms with E-state index in [1.54, 1.807) is 25.1 Å². The van der Waals surface area contributed by atoms with Gasteiger partial charge in [0.15, 0.2) is 0 Å². The van der Waals surface area contributed by atoms with E-state index in [1.807, 2.05) is 6.07 Å². The summed E-state index contributed by atoms with van der Waals surface area (Å²) >= 11 is 0. The van der Waals surface area contributed by atoms with Crippen molar-refractivity contribution in [2.75, 3.05) is 12.8 Å². The third-order valence-corrected chi connectivity index (χ3v) is 3.47. The van der Waals surface area contributed by atoms with E-state index in [-0.39, 0.29) is 6.04 Å². The summed E-state index contributed by atoms with van der Waals surface area (Å²) in [6.07, 6.45) is 0. The molecule has 1 unspecified atom stereocenters. The number of nitrogens with zero attached hydrogens (tertiary/aromatic N) is 1. The van der Waals surface area contributed by atoms with E-state index in [1.165, 1.54) is 18.0 Å². The van der Waals surface area contributed by atoms with Crippen molar-refractivity contribution in [2.45, 2.75) is 13.0 Å². The van der Waals surface area contributed by atoms with Crippen LogP contribution < -0.4 is 5.73 Å². The Balaban J connectivity index is 2.31. The fourth-order valence-corrected chi connectivity index (χ4v) is 2.10. The van der Waals surface area contributed by atoms with Gasteiger partial charge in [-0.3, -0.25) is 4.79 Å². The molecule has 2 rings (SSSR count). The second-order valence-electron chi connectivity index (χ2n) is 4.86. The molecule has 0 radical (unpaired) electrons. The van der Waals surface area contributed by atoms with Gasteiger partial charge in [-0.15, -0.1) is 0 Å². The van der Waals surface area contributed by atoms with Gasteiger partial charge in [-0.2, -0.15) is 0 Å². The van der Waals surface area contributed by atoms with Crippen molar-refractivity contribution in [2.24, 2.45) is 0 Å². The van der Waals surface area contributed by atoms with Gasteiger partial charge in [-0.05, 0) is 36.8 Å². The second-order valence-corrected chi connectivity index (χ2v) is 4.86.